The Kier molecular flexibility index (Phi) is 3.66. The predicted octanol–water partition coefficient (Wildman–Crippen LogP) is 2.81. The van der Waals surface area contributed by atoms with Crippen LogP contribution in [0.5, 0.6) is 17.2 Å². The minimum Gasteiger partial charge on any atom is -0.494 e. The number of benzene rings is 2. The van der Waals surface area contributed by atoms with E-state index in [0.29, 0.717) is 12.4 Å². The highest BCUT2D eigenvalue weighted by Crippen LogP contribution is 2.34. The molecule has 2 N–H and O–H groups in total. The zero-order valence-corrected chi connectivity index (χ0v) is 11.6. The Morgan fingerprint density at radius 2 is 2.14 bits per heavy atom. The lowest BCUT2D eigenvalue weighted by Gasteiger charge is -2.09. The van der Waals surface area contributed by atoms with Crippen molar-refractivity contribution in [2.24, 2.45) is 5.73 Å². The highest BCUT2D eigenvalue weighted by molar-refractivity contribution is 5.44. The third kappa shape index (κ3) is 2.78. The molecule has 0 saturated carbocycles. The molecule has 1 heterocycles. The molecule has 1 aliphatic rings. The van der Waals surface area contributed by atoms with Gasteiger partial charge in [-0.05, 0) is 29.8 Å². The molecule has 5 heteroatoms. The Bertz CT molecular complexity index is 660. The van der Waals surface area contributed by atoms with E-state index in [-0.39, 0.29) is 18.4 Å². The fourth-order valence-electron chi connectivity index (χ4n) is 2.27. The minimum atomic E-state index is -0.401. The molecule has 0 spiro atoms. The summed E-state index contributed by atoms with van der Waals surface area (Å²) >= 11 is 0. The zero-order chi connectivity index (χ0) is 14.8. The molecule has 3 rings (SSSR count). The Balaban J connectivity index is 1.69. The summed E-state index contributed by atoms with van der Waals surface area (Å²) in [5.74, 6) is 1.24. The van der Waals surface area contributed by atoms with Crippen LogP contribution < -0.4 is 19.9 Å². The van der Waals surface area contributed by atoms with Gasteiger partial charge in [0, 0.05) is 11.6 Å². The van der Waals surface area contributed by atoms with Gasteiger partial charge >= 0.3 is 0 Å². The van der Waals surface area contributed by atoms with Crippen molar-refractivity contribution in [3.8, 4) is 17.2 Å². The maximum absolute atomic E-state index is 13.6. The molecular formula is C16H16FNO3. The minimum absolute atomic E-state index is 0.0789. The van der Waals surface area contributed by atoms with Crippen LogP contribution in [0.1, 0.15) is 17.2 Å². The number of nitrogens with two attached hydrogens (primary N) is 1. The number of fused-ring (bicyclic) bond motifs is 1. The fourth-order valence-corrected chi connectivity index (χ4v) is 2.27. The Hall–Kier alpha value is -2.27. The van der Waals surface area contributed by atoms with E-state index in [1.165, 1.54) is 13.2 Å². The van der Waals surface area contributed by atoms with Gasteiger partial charge in [-0.25, -0.2) is 4.39 Å². The number of hydrogen-bond acceptors (Lipinski definition) is 4. The molecule has 0 saturated heterocycles. The van der Waals surface area contributed by atoms with E-state index in [0.717, 1.165) is 16.9 Å². The number of hydrogen-bond donors (Lipinski definition) is 1. The van der Waals surface area contributed by atoms with Gasteiger partial charge in [0.15, 0.2) is 11.6 Å². The summed E-state index contributed by atoms with van der Waals surface area (Å²) < 4.78 is 29.6. The number of ether oxygens (including phenoxy) is 3. The number of rotatable bonds is 4. The summed E-state index contributed by atoms with van der Waals surface area (Å²) in [5, 5.41) is 0. The lowest BCUT2D eigenvalue weighted by Crippen LogP contribution is -2.10. The summed E-state index contributed by atoms with van der Waals surface area (Å²) in [7, 11) is 1.43. The van der Waals surface area contributed by atoms with Crippen LogP contribution in [0.25, 0.3) is 0 Å². The van der Waals surface area contributed by atoms with Crippen LogP contribution in [-0.2, 0) is 6.61 Å². The molecule has 0 amide bonds. The van der Waals surface area contributed by atoms with Crippen molar-refractivity contribution in [3.63, 3.8) is 0 Å². The van der Waals surface area contributed by atoms with E-state index in [9.17, 15) is 4.39 Å². The molecular weight excluding hydrogens is 273 g/mol. The second-order valence-corrected chi connectivity index (χ2v) is 4.87. The third-order valence-electron chi connectivity index (χ3n) is 3.42. The van der Waals surface area contributed by atoms with Gasteiger partial charge in [0.1, 0.15) is 24.7 Å². The van der Waals surface area contributed by atoms with Crippen molar-refractivity contribution in [3.05, 3.63) is 53.3 Å². The van der Waals surface area contributed by atoms with Crippen molar-refractivity contribution in [2.45, 2.75) is 12.6 Å². The maximum atomic E-state index is 13.6. The smallest absolute Gasteiger partial charge is 0.165 e. The van der Waals surface area contributed by atoms with Crippen LogP contribution in [0.2, 0.25) is 0 Å². The first-order valence-electron chi connectivity index (χ1n) is 6.65. The monoisotopic (exact) mass is 289 g/mol. The highest BCUT2D eigenvalue weighted by Gasteiger charge is 2.20. The molecule has 0 aromatic heterocycles. The molecule has 0 bridgehead atoms. The largest absolute Gasteiger partial charge is 0.494 e. The van der Waals surface area contributed by atoms with Crippen LogP contribution in [0.4, 0.5) is 4.39 Å². The Morgan fingerprint density at radius 1 is 1.29 bits per heavy atom. The van der Waals surface area contributed by atoms with Crippen LogP contribution >= 0.6 is 0 Å². The van der Waals surface area contributed by atoms with Gasteiger partial charge in [-0.3, -0.25) is 0 Å². The van der Waals surface area contributed by atoms with Gasteiger partial charge in [0.2, 0.25) is 0 Å². The molecule has 110 valence electrons. The van der Waals surface area contributed by atoms with Crippen LogP contribution in [-0.4, -0.2) is 13.7 Å². The summed E-state index contributed by atoms with van der Waals surface area (Å²) in [4.78, 5) is 0. The lowest BCUT2D eigenvalue weighted by molar-refractivity contribution is 0.299. The molecule has 0 radical (unpaired) electrons. The van der Waals surface area contributed by atoms with Crippen molar-refractivity contribution in [2.75, 3.05) is 13.7 Å². The summed E-state index contributed by atoms with van der Waals surface area (Å²) in [5.41, 5.74) is 7.60. The fraction of sp³-hybridized carbons (Fsp3) is 0.250. The van der Waals surface area contributed by atoms with Crippen molar-refractivity contribution in [1.29, 1.82) is 0 Å². The maximum Gasteiger partial charge on any atom is 0.165 e. The Morgan fingerprint density at radius 3 is 2.90 bits per heavy atom. The number of halogens is 1. The first-order chi connectivity index (χ1) is 10.2. The first-order valence-corrected chi connectivity index (χ1v) is 6.65. The van der Waals surface area contributed by atoms with Crippen LogP contribution in [0.3, 0.4) is 0 Å². The van der Waals surface area contributed by atoms with E-state index in [4.69, 9.17) is 19.9 Å². The van der Waals surface area contributed by atoms with Gasteiger partial charge in [-0.15, -0.1) is 0 Å². The van der Waals surface area contributed by atoms with Gasteiger partial charge in [-0.2, -0.15) is 0 Å². The summed E-state index contributed by atoms with van der Waals surface area (Å²) in [6.07, 6.45) is 0. The quantitative estimate of drug-likeness (QED) is 0.940. The van der Waals surface area contributed by atoms with E-state index < -0.39 is 5.82 Å². The average Bonchev–Trinajstić information content (AvgIpc) is 2.86. The molecule has 0 aliphatic carbocycles. The van der Waals surface area contributed by atoms with Gasteiger partial charge in [0.25, 0.3) is 0 Å². The molecule has 1 atom stereocenters. The normalized spacial score (nSPS) is 16.2. The van der Waals surface area contributed by atoms with Crippen molar-refractivity contribution >= 4 is 0 Å². The lowest BCUT2D eigenvalue weighted by atomic mass is 10.1. The van der Waals surface area contributed by atoms with Gasteiger partial charge < -0.3 is 19.9 Å². The first kappa shape index (κ1) is 13.7. The van der Waals surface area contributed by atoms with Crippen LogP contribution in [0, 0.1) is 5.82 Å². The molecule has 0 fully saturated rings. The van der Waals surface area contributed by atoms with Crippen molar-refractivity contribution in [1.82, 2.24) is 0 Å². The number of methoxy groups -OCH3 is 1. The molecule has 2 aromatic rings. The predicted molar refractivity (Wildman–Crippen MR) is 76.1 cm³/mol. The van der Waals surface area contributed by atoms with E-state index in [2.05, 4.69) is 0 Å². The Labute approximate surface area is 122 Å². The second kappa shape index (κ2) is 5.61. The van der Waals surface area contributed by atoms with Crippen molar-refractivity contribution < 1.29 is 18.6 Å². The second-order valence-electron chi connectivity index (χ2n) is 4.87. The third-order valence-corrected chi connectivity index (χ3v) is 3.42. The molecule has 21 heavy (non-hydrogen) atoms. The van der Waals surface area contributed by atoms with Gasteiger partial charge in [-0.1, -0.05) is 6.07 Å². The standard InChI is InChI=1S/C16H16FNO3/c1-19-15-5-2-10(6-13(15)17)8-20-11-3-4-12-14(18)9-21-16(12)7-11/h2-7,14H,8-9,18H2,1H3. The molecule has 1 aliphatic heterocycles. The van der Waals surface area contributed by atoms with E-state index in [1.807, 2.05) is 18.2 Å². The van der Waals surface area contributed by atoms with E-state index >= 15 is 0 Å². The van der Waals surface area contributed by atoms with Gasteiger partial charge in [0.05, 0.1) is 13.2 Å². The molecule has 2 aromatic carbocycles. The zero-order valence-electron chi connectivity index (χ0n) is 11.6. The summed E-state index contributed by atoms with van der Waals surface area (Å²) in [6.45, 7) is 0.758. The summed E-state index contributed by atoms with van der Waals surface area (Å²) in [6, 6.07) is 10.2. The highest BCUT2D eigenvalue weighted by atomic mass is 19.1. The average molecular weight is 289 g/mol. The molecule has 1 unspecified atom stereocenters. The van der Waals surface area contributed by atoms with Crippen LogP contribution in [0.15, 0.2) is 36.4 Å². The molecule has 4 nitrogen and oxygen atoms in total. The SMILES string of the molecule is COc1ccc(COc2ccc3c(c2)OCC3N)cc1F. The van der Waals surface area contributed by atoms with E-state index in [1.54, 1.807) is 12.1 Å². The topological polar surface area (TPSA) is 53.7 Å².